The third-order valence-electron chi connectivity index (χ3n) is 4.92. The number of carbonyl (C=O) groups excluding carboxylic acids is 2. The average molecular weight is 379 g/mol. The van der Waals surface area contributed by atoms with Gasteiger partial charge in [-0.25, -0.2) is 0 Å². The zero-order valence-corrected chi connectivity index (χ0v) is 15.7. The Balaban J connectivity index is 1.58. The number of hydrogen-bond donors (Lipinski definition) is 1. The molecule has 1 aliphatic rings. The van der Waals surface area contributed by atoms with E-state index >= 15 is 0 Å². The first-order valence-corrected chi connectivity index (χ1v) is 9.94. The fraction of sp³-hybridized carbons (Fsp3) is 0.286. The minimum atomic E-state index is -0.479. The number of benzene rings is 2. The molecule has 1 saturated heterocycles. The monoisotopic (exact) mass is 379 g/mol. The van der Waals surface area contributed by atoms with Crippen molar-refractivity contribution in [2.24, 2.45) is 0 Å². The largest absolute Gasteiger partial charge is 0.354 e. The highest BCUT2D eigenvalue weighted by Crippen LogP contribution is 2.23. The van der Waals surface area contributed by atoms with Gasteiger partial charge in [0.25, 0.3) is 0 Å². The minimum Gasteiger partial charge on any atom is -0.354 e. The third-order valence-corrected chi connectivity index (χ3v) is 5.78. The number of carbonyl (C=O) groups is 2. The van der Waals surface area contributed by atoms with Crippen LogP contribution in [0, 0.1) is 0 Å². The Labute approximate surface area is 162 Å². The molecule has 0 radical (unpaired) electrons. The highest BCUT2D eigenvalue weighted by atomic mass is 32.1. The predicted octanol–water partition coefficient (Wildman–Crippen LogP) is 2.80. The van der Waals surface area contributed by atoms with Crippen LogP contribution in [0.5, 0.6) is 0 Å². The number of aromatic nitrogens is 1. The second-order valence-electron chi connectivity index (χ2n) is 6.74. The van der Waals surface area contributed by atoms with Crippen LogP contribution in [0.15, 0.2) is 54.6 Å². The van der Waals surface area contributed by atoms with E-state index in [0.29, 0.717) is 19.5 Å². The Hall–Kier alpha value is -2.73. The highest BCUT2D eigenvalue weighted by molar-refractivity contribution is 7.13. The van der Waals surface area contributed by atoms with Crippen molar-refractivity contribution in [2.75, 3.05) is 13.1 Å². The quantitative estimate of drug-likeness (QED) is 0.758. The van der Waals surface area contributed by atoms with Crippen LogP contribution in [0.4, 0.5) is 0 Å². The summed E-state index contributed by atoms with van der Waals surface area (Å²) in [5.74, 6) is -0.114. The number of rotatable bonds is 4. The van der Waals surface area contributed by atoms with Crippen LogP contribution < -0.4 is 5.32 Å². The molecule has 3 aromatic rings. The molecule has 2 aromatic carbocycles. The van der Waals surface area contributed by atoms with Gasteiger partial charge in [0, 0.05) is 24.9 Å². The normalized spacial score (nSPS) is 17.6. The molecule has 0 aliphatic carbocycles. The van der Waals surface area contributed by atoms with Gasteiger partial charge in [-0.3, -0.25) is 9.59 Å². The average Bonchev–Trinajstić information content (AvgIpc) is 3.01. The molecule has 1 N–H and O–H groups in total. The van der Waals surface area contributed by atoms with Crippen LogP contribution in [-0.2, 0) is 22.4 Å². The Bertz CT molecular complexity index is 954. The molecule has 6 heteroatoms. The molecule has 0 bridgehead atoms. The zero-order chi connectivity index (χ0) is 18.6. The summed E-state index contributed by atoms with van der Waals surface area (Å²) in [6, 6.07) is 17.3. The van der Waals surface area contributed by atoms with Gasteiger partial charge < -0.3 is 10.2 Å². The predicted molar refractivity (Wildman–Crippen MR) is 107 cm³/mol. The summed E-state index contributed by atoms with van der Waals surface area (Å²) in [6.07, 6.45) is 1.51. The lowest BCUT2D eigenvalue weighted by Crippen LogP contribution is -2.49. The molecule has 27 heavy (non-hydrogen) atoms. The molecule has 2 heterocycles. The molecular formula is C21H21N3O2S. The van der Waals surface area contributed by atoms with Gasteiger partial charge in [-0.2, -0.15) is 4.37 Å². The van der Waals surface area contributed by atoms with Crippen molar-refractivity contribution in [1.29, 1.82) is 0 Å². The maximum Gasteiger partial charge on any atom is 0.243 e. The summed E-state index contributed by atoms with van der Waals surface area (Å²) in [4.78, 5) is 27.5. The van der Waals surface area contributed by atoms with E-state index in [0.717, 1.165) is 27.8 Å². The lowest BCUT2D eigenvalue weighted by Gasteiger charge is -2.28. The van der Waals surface area contributed by atoms with E-state index in [1.54, 1.807) is 4.90 Å². The van der Waals surface area contributed by atoms with E-state index in [2.05, 4.69) is 9.69 Å². The second kappa shape index (κ2) is 7.88. The van der Waals surface area contributed by atoms with Gasteiger partial charge in [0.2, 0.25) is 11.8 Å². The van der Waals surface area contributed by atoms with Gasteiger partial charge in [-0.1, -0.05) is 48.5 Å². The highest BCUT2D eigenvalue weighted by Gasteiger charge is 2.32. The molecule has 0 saturated carbocycles. The van der Waals surface area contributed by atoms with Crippen LogP contribution >= 0.6 is 11.5 Å². The molecule has 1 aliphatic heterocycles. The van der Waals surface area contributed by atoms with Crippen LogP contribution in [-0.4, -0.2) is 40.2 Å². The second-order valence-corrected chi connectivity index (χ2v) is 7.54. The summed E-state index contributed by atoms with van der Waals surface area (Å²) in [5, 5.41) is 3.96. The summed E-state index contributed by atoms with van der Waals surface area (Å²) >= 11 is 1.41. The van der Waals surface area contributed by atoms with Crippen molar-refractivity contribution in [1.82, 2.24) is 14.6 Å². The van der Waals surface area contributed by atoms with Gasteiger partial charge in [0.05, 0.1) is 16.8 Å². The Morgan fingerprint density at radius 2 is 1.93 bits per heavy atom. The van der Waals surface area contributed by atoms with E-state index in [9.17, 15) is 9.59 Å². The van der Waals surface area contributed by atoms with Crippen molar-refractivity contribution in [3.8, 4) is 0 Å². The van der Waals surface area contributed by atoms with Crippen molar-refractivity contribution in [3.63, 3.8) is 0 Å². The van der Waals surface area contributed by atoms with Crippen molar-refractivity contribution in [2.45, 2.75) is 25.3 Å². The van der Waals surface area contributed by atoms with Gasteiger partial charge in [-0.15, -0.1) is 0 Å². The number of hydrogen-bond acceptors (Lipinski definition) is 4. The topological polar surface area (TPSA) is 62.3 Å². The van der Waals surface area contributed by atoms with Crippen LogP contribution in [0.3, 0.4) is 0 Å². The van der Waals surface area contributed by atoms with Crippen LogP contribution in [0.25, 0.3) is 10.1 Å². The molecular weight excluding hydrogens is 358 g/mol. The molecule has 1 unspecified atom stereocenters. The molecule has 0 spiro atoms. The number of amides is 2. The summed E-state index contributed by atoms with van der Waals surface area (Å²) < 4.78 is 5.55. The van der Waals surface area contributed by atoms with Crippen molar-refractivity contribution in [3.05, 3.63) is 65.9 Å². The lowest BCUT2D eigenvalue weighted by molar-refractivity contribution is -0.139. The van der Waals surface area contributed by atoms with E-state index < -0.39 is 6.04 Å². The fourth-order valence-electron chi connectivity index (χ4n) is 3.53. The molecule has 1 atom stereocenters. The Kier molecular flexibility index (Phi) is 5.16. The van der Waals surface area contributed by atoms with Crippen molar-refractivity contribution < 1.29 is 9.59 Å². The molecule has 138 valence electrons. The first kappa shape index (κ1) is 17.7. The maximum atomic E-state index is 13.1. The van der Waals surface area contributed by atoms with E-state index in [4.69, 9.17) is 0 Å². The van der Waals surface area contributed by atoms with Crippen LogP contribution in [0.2, 0.25) is 0 Å². The maximum absolute atomic E-state index is 13.1. The lowest BCUT2D eigenvalue weighted by atomic mass is 10.0. The Morgan fingerprint density at radius 1 is 1.15 bits per heavy atom. The van der Waals surface area contributed by atoms with Gasteiger partial charge in [0.15, 0.2) is 0 Å². The summed E-state index contributed by atoms with van der Waals surface area (Å²) in [6.45, 7) is 1.19. The van der Waals surface area contributed by atoms with Crippen LogP contribution in [0.1, 0.15) is 17.7 Å². The molecule has 4 rings (SSSR count). The SMILES string of the molecule is O=C1NCCCN(C(=O)Cc2nsc3ccccc23)C1Cc1ccccc1. The fourth-order valence-corrected chi connectivity index (χ4v) is 4.32. The summed E-state index contributed by atoms with van der Waals surface area (Å²) in [5.41, 5.74) is 1.85. The number of fused-ring (bicyclic) bond motifs is 1. The van der Waals surface area contributed by atoms with Gasteiger partial charge in [0.1, 0.15) is 6.04 Å². The molecule has 1 fully saturated rings. The Morgan fingerprint density at radius 3 is 2.78 bits per heavy atom. The van der Waals surface area contributed by atoms with Crippen molar-refractivity contribution >= 4 is 33.4 Å². The molecule has 5 nitrogen and oxygen atoms in total. The third kappa shape index (κ3) is 3.85. The standard InChI is InChI=1S/C21H21N3O2S/c25-20(14-17-16-9-4-5-10-19(16)27-23-17)24-12-6-11-22-21(26)18(24)13-15-7-2-1-3-8-15/h1-5,7-10,18H,6,11-14H2,(H,22,26). The zero-order valence-electron chi connectivity index (χ0n) is 14.9. The molecule has 1 aromatic heterocycles. The summed E-state index contributed by atoms with van der Waals surface area (Å²) in [7, 11) is 0. The smallest absolute Gasteiger partial charge is 0.243 e. The van der Waals surface area contributed by atoms with E-state index in [-0.39, 0.29) is 18.2 Å². The minimum absolute atomic E-state index is 0.0379. The van der Waals surface area contributed by atoms with E-state index in [1.165, 1.54) is 11.5 Å². The van der Waals surface area contributed by atoms with E-state index in [1.807, 2.05) is 54.6 Å². The molecule has 2 amide bonds. The first-order chi connectivity index (χ1) is 13.2. The number of nitrogens with one attached hydrogen (secondary N) is 1. The number of nitrogens with zero attached hydrogens (tertiary/aromatic N) is 2. The first-order valence-electron chi connectivity index (χ1n) is 9.17. The van der Waals surface area contributed by atoms with Gasteiger partial charge in [-0.05, 0) is 29.6 Å². The van der Waals surface area contributed by atoms with Gasteiger partial charge >= 0.3 is 0 Å².